The van der Waals surface area contributed by atoms with Crippen LogP contribution in [0.15, 0.2) is 96.4 Å². The van der Waals surface area contributed by atoms with Crippen LogP contribution in [-0.4, -0.2) is 54.2 Å². The van der Waals surface area contributed by atoms with Crippen LogP contribution in [0.2, 0.25) is 0 Å². The van der Waals surface area contributed by atoms with Gasteiger partial charge in [0.05, 0.1) is 25.3 Å². The third-order valence-corrected chi connectivity index (χ3v) is 8.63. The zero-order valence-electron chi connectivity index (χ0n) is 23.7. The molecule has 3 atom stereocenters. The molecule has 8 heteroatoms. The highest BCUT2D eigenvalue weighted by Crippen LogP contribution is 2.35. The number of thiophene rings is 1. The number of rotatable bonds is 12. The molecule has 4 aromatic rings. The van der Waals surface area contributed by atoms with Gasteiger partial charge < -0.3 is 25.4 Å². The van der Waals surface area contributed by atoms with Crippen LogP contribution in [0.25, 0.3) is 0 Å². The molecule has 2 heterocycles. The lowest BCUT2D eigenvalue weighted by Gasteiger charge is -2.26. The van der Waals surface area contributed by atoms with E-state index in [4.69, 9.17) is 4.74 Å². The smallest absolute Gasteiger partial charge is 0.254 e. The fraction of sp³-hybridized carbons (Fsp3) is 0.294. The number of carbonyl (C=O) groups excluding carboxylic acids is 2. The zero-order valence-corrected chi connectivity index (χ0v) is 24.6. The van der Waals surface area contributed by atoms with Gasteiger partial charge in [-0.15, -0.1) is 11.3 Å². The lowest BCUT2D eigenvalue weighted by atomic mass is 10.00. The molecule has 0 bridgehead atoms. The monoisotopic (exact) mass is 583 g/mol. The first-order valence-electron chi connectivity index (χ1n) is 14.3. The first-order valence-corrected chi connectivity index (χ1v) is 15.2. The molecule has 0 radical (unpaired) electrons. The number of benzene rings is 3. The minimum atomic E-state index is -0.847. The van der Waals surface area contributed by atoms with Crippen LogP contribution in [0.5, 0.6) is 5.75 Å². The van der Waals surface area contributed by atoms with E-state index in [-0.39, 0.29) is 24.4 Å². The van der Waals surface area contributed by atoms with E-state index < -0.39 is 12.1 Å². The molecule has 1 fully saturated rings. The summed E-state index contributed by atoms with van der Waals surface area (Å²) in [5, 5.41) is 19.6. The molecule has 218 valence electrons. The lowest BCUT2D eigenvalue weighted by Crippen LogP contribution is -2.48. The van der Waals surface area contributed by atoms with E-state index in [9.17, 15) is 14.7 Å². The van der Waals surface area contributed by atoms with Gasteiger partial charge in [0.15, 0.2) is 0 Å². The van der Waals surface area contributed by atoms with E-state index in [0.717, 1.165) is 29.7 Å². The molecule has 3 unspecified atom stereocenters. The summed E-state index contributed by atoms with van der Waals surface area (Å²) in [6.45, 7) is 1.53. The standard InChI is InChI=1S/C34H37N3O4S/c1-41-28-14-5-11-25(19-28)22-35-23-31(38)29(20-24-9-3-2-4-10-24)36-33(39)26-12-6-13-27(21-26)34(40)37-17-7-15-30(37)32-16-8-18-42-32/h2-6,8-14,16,18-19,21,29-31,35,38H,7,15,17,20,22-23H2,1H3,(H,36,39). The Balaban J connectivity index is 1.26. The Morgan fingerprint density at radius 3 is 2.55 bits per heavy atom. The highest BCUT2D eigenvalue weighted by Gasteiger charge is 2.31. The Morgan fingerprint density at radius 1 is 0.976 bits per heavy atom. The van der Waals surface area contributed by atoms with E-state index in [0.29, 0.717) is 30.6 Å². The Morgan fingerprint density at radius 2 is 1.76 bits per heavy atom. The predicted octanol–water partition coefficient (Wildman–Crippen LogP) is 5.23. The van der Waals surface area contributed by atoms with Gasteiger partial charge in [0.25, 0.3) is 11.8 Å². The SMILES string of the molecule is COc1cccc(CNCC(O)C(Cc2ccccc2)NC(=O)c2cccc(C(=O)N3CCCC3c3cccs3)c2)c1. The first-order chi connectivity index (χ1) is 20.5. The van der Waals surface area contributed by atoms with E-state index in [1.54, 1.807) is 42.7 Å². The van der Waals surface area contributed by atoms with Crippen molar-refractivity contribution in [2.24, 2.45) is 0 Å². The third-order valence-electron chi connectivity index (χ3n) is 7.65. The molecule has 1 aliphatic rings. The predicted molar refractivity (Wildman–Crippen MR) is 166 cm³/mol. The van der Waals surface area contributed by atoms with Crippen molar-refractivity contribution in [2.45, 2.75) is 44.0 Å². The van der Waals surface area contributed by atoms with Crippen molar-refractivity contribution >= 4 is 23.2 Å². The van der Waals surface area contributed by atoms with Crippen LogP contribution in [0.3, 0.4) is 0 Å². The second-order valence-corrected chi connectivity index (χ2v) is 11.6. The van der Waals surface area contributed by atoms with Gasteiger partial charge in [-0.3, -0.25) is 9.59 Å². The molecule has 0 spiro atoms. The largest absolute Gasteiger partial charge is 0.497 e. The zero-order chi connectivity index (χ0) is 29.3. The number of nitrogens with one attached hydrogen (secondary N) is 2. The Bertz CT molecular complexity index is 1460. The number of likely N-dealkylation sites (tertiary alicyclic amines) is 1. The maximum atomic E-state index is 13.5. The first kappa shape index (κ1) is 29.5. The quantitative estimate of drug-likeness (QED) is 0.213. The summed E-state index contributed by atoms with van der Waals surface area (Å²) in [4.78, 5) is 30.1. The molecule has 0 aliphatic carbocycles. The van der Waals surface area contributed by atoms with E-state index in [1.165, 1.54) is 4.88 Å². The van der Waals surface area contributed by atoms with Crippen molar-refractivity contribution in [2.75, 3.05) is 20.2 Å². The molecule has 1 aliphatic heterocycles. The summed E-state index contributed by atoms with van der Waals surface area (Å²) in [7, 11) is 1.63. The fourth-order valence-electron chi connectivity index (χ4n) is 5.44. The highest BCUT2D eigenvalue weighted by atomic mass is 32.1. The van der Waals surface area contributed by atoms with Gasteiger partial charge in [-0.25, -0.2) is 0 Å². The van der Waals surface area contributed by atoms with Gasteiger partial charge in [0.2, 0.25) is 0 Å². The highest BCUT2D eigenvalue weighted by molar-refractivity contribution is 7.10. The maximum absolute atomic E-state index is 13.5. The Kier molecular flexibility index (Phi) is 10.0. The number of hydrogen-bond acceptors (Lipinski definition) is 6. The fourth-order valence-corrected chi connectivity index (χ4v) is 6.31. The van der Waals surface area contributed by atoms with Gasteiger partial charge in [0.1, 0.15) is 5.75 Å². The van der Waals surface area contributed by atoms with Crippen LogP contribution >= 0.6 is 11.3 Å². The average Bonchev–Trinajstić information content (AvgIpc) is 3.74. The minimum absolute atomic E-state index is 0.0665. The molecule has 42 heavy (non-hydrogen) atoms. The molecule has 0 saturated carbocycles. The molecular formula is C34H37N3O4S. The van der Waals surface area contributed by atoms with Crippen molar-refractivity contribution < 1.29 is 19.4 Å². The summed E-state index contributed by atoms with van der Waals surface area (Å²) < 4.78 is 5.30. The third kappa shape index (κ3) is 7.45. The molecule has 1 aromatic heterocycles. The molecule has 5 rings (SSSR count). The molecule has 1 saturated heterocycles. The summed E-state index contributed by atoms with van der Waals surface area (Å²) in [5.74, 6) is 0.383. The molecule has 2 amide bonds. The number of hydrogen-bond donors (Lipinski definition) is 3. The van der Waals surface area contributed by atoms with Crippen molar-refractivity contribution in [1.29, 1.82) is 0 Å². The normalized spacial score (nSPS) is 16.1. The summed E-state index contributed by atoms with van der Waals surface area (Å²) >= 11 is 1.67. The summed E-state index contributed by atoms with van der Waals surface area (Å²) in [6.07, 6.45) is 1.51. The minimum Gasteiger partial charge on any atom is -0.497 e. The Hall–Kier alpha value is -3.98. The second kappa shape index (κ2) is 14.3. The number of carbonyl (C=O) groups is 2. The number of nitrogens with zero attached hydrogens (tertiary/aromatic N) is 1. The second-order valence-electron chi connectivity index (χ2n) is 10.6. The summed E-state index contributed by atoms with van der Waals surface area (Å²) in [6, 6.07) is 28.0. The molecule has 7 nitrogen and oxygen atoms in total. The number of amides is 2. The van der Waals surface area contributed by atoms with E-state index in [1.807, 2.05) is 70.9 Å². The molecule has 3 aromatic carbocycles. The Labute approximate surface area is 251 Å². The van der Waals surface area contributed by atoms with Crippen LogP contribution in [0.4, 0.5) is 0 Å². The van der Waals surface area contributed by atoms with Gasteiger partial charge >= 0.3 is 0 Å². The molecular weight excluding hydrogens is 546 g/mol. The van der Waals surface area contributed by atoms with Crippen LogP contribution in [0, 0.1) is 0 Å². The van der Waals surface area contributed by atoms with Crippen LogP contribution in [-0.2, 0) is 13.0 Å². The summed E-state index contributed by atoms with van der Waals surface area (Å²) in [5.41, 5.74) is 2.92. The van der Waals surface area contributed by atoms with Crippen molar-refractivity contribution in [3.8, 4) is 5.75 Å². The van der Waals surface area contributed by atoms with Crippen molar-refractivity contribution in [3.05, 3.63) is 124 Å². The van der Waals surface area contributed by atoms with Gasteiger partial charge in [0, 0.05) is 35.6 Å². The van der Waals surface area contributed by atoms with Crippen LogP contribution in [0.1, 0.15) is 55.6 Å². The molecule has 3 N–H and O–H groups in total. The van der Waals surface area contributed by atoms with Gasteiger partial charge in [-0.1, -0.05) is 54.6 Å². The van der Waals surface area contributed by atoms with Crippen molar-refractivity contribution in [3.63, 3.8) is 0 Å². The van der Waals surface area contributed by atoms with Gasteiger partial charge in [-0.05, 0) is 72.2 Å². The maximum Gasteiger partial charge on any atom is 0.254 e. The lowest BCUT2D eigenvalue weighted by molar-refractivity contribution is 0.0737. The van der Waals surface area contributed by atoms with Crippen LogP contribution < -0.4 is 15.4 Å². The number of ether oxygens (including phenoxy) is 1. The number of methoxy groups -OCH3 is 1. The number of aliphatic hydroxyl groups excluding tert-OH is 1. The van der Waals surface area contributed by atoms with E-state index >= 15 is 0 Å². The van der Waals surface area contributed by atoms with Crippen molar-refractivity contribution in [1.82, 2.24) is 15.5 Å². The number of aliphatic hydroxyl groups is 1. The van der Waals surface area contributed by atoms with Gasteiger partial charge in [-0.2, -0.15) is 0 Å². The van der Waals surface area contributed by atoms with E-state index in [2.05, 4.69) is 16.7 Å². The topological polar surface area (TPSA) is 90.9 Å². The average molecular weight is 584 g/mol.